The molecule has 1 N–H and O–H groups in total. The summed E-state index contributed by atoms with van der Waals surface area (Å²) >= 11 is 0. The zero-order valence-electron chi connectivity index (χ0n) is 13.8. The first-order valence-corrected chi connectivity index (χ1v) is 10.7. The van der Waals surface area contributed by atoms with Gasteiger partial charge in [0, 0.05) is 24.9 Å². The van der Waals surface area contributed by atoms with Crippen molar-refractivity contribution in [3.05, 3.63) is 35.6 Å². The molecule has 118 valence electrons. The van der Waals surface area contributed by atoms with Crippen LogP contribution in [0.15, 0.2) is 24.3 Å². The SMILES string of the molecule is C[SiH](C)O[C@H](C1CNCC1c1cccc(F)c1)C(C)(C)C. The second-order valence-electron chi connectivity index (χ2n) is 7.46. The average Bonchev–Trinajstić information content (AvgIpc) is 2.83. The molecule has 0 aliphatic carbocycles. The number of nitrogens with one attached hydrogen (secondary N) is 1. The zero-order valence-corrected chi connectivity index (χ0v) is 15.0. The Morgan fingerprint density at radius 1 is 1.29 bits per heavy atom. The van der Waals surface area contributed by atoms with Crippen LogP contribution in [-0.4, -0.2) is 28.2 Å². The van der Waals surface area contributed by atoms with E-state index >= 15 is 0 Å². The van der Waals surface area contributed by atoms with Gasteiger partial charge >= 0.3 is 0 Å². The molecule has 21 heavy (non-hydrogen) atoms. The molecule has 4 heteroatoms. The highest BCUT2D eigenvalue weighted by Gasteiger charge is 2.41. The summed E-state index contributed by atoms with van der Waals surface area (Å²) in [6.07, 6.45) is 0.215. The molecule has 1 aliphatic heterocycles. The third-order valence-electron chi connectivity index (χ3n) is 4.20. The second kappa shape index (κ2) is 6.59. The van der Waals surface area contributed by atoms with Crippen molar-refractivity contribution in [3.63, 3.8) is 0 Å². The van der Waals surface area contributed by atoms with Crippen LogP contribution >= 0.6 is 0 Å². The first-order valence-electron chi connectivity index (χ1n) is 7.90. The van der Waals surface area contributed by atoms with Gasteiger partial charge in [-0.05, 0) is 36.2 Å². The highest BCUT2D eigenvalue weighted by atomic mass is 28.3. The molecular formula is C17H28FNOSi. The molecule has 1 heterocycles. The molecule has 0 aromatic heterocycles. The Hall–Kier alpha value is -0.713. The molecule has 0 bridgehead atoms. The number of halogens is 1. The minimum Gasteiger partial charge on any atom is -0.417 e. The van der Waals surface area contributed by atoms with Crippen molar-refractivity contribution in [1.29, 1.82) is 0 Å². The van der Waals surface area contributed by atoms with Gasteiger partial charge in [-0.3, -0.25) is 0 Å². The maximum Gasteiger partial charge on any atom is 0.171 e. The van der Waals surface area contributed by atoms with Gasteiger partial charge in [0.15, 0.2) is 9.04 Å². The van der Waals surface area contributed by atoms with Crippen LogP contribution < -0.4 is 5.32 Å². The molecule has 0 radical (unpaired) electrons. The van der Waals surface area contributed by atoms with Crippen LogP contribution in [0.2, 0.25) is 13.1 Å². The predicted octanol–water partition coefficient (Wildman–Crippen LogP) is 3.54. The van der Waals surface area contributed by atoms with E-state index in [1.165, 1.54) is 6.07 Å². The molecule has 2 unspecified atom stereocenters. The largest absolute Gasteiger partial charge is 0.417 e. The number of hydrogen-bond acceptors (Lipinski definition) is 2. The van der Waals surface area contributed by atoms with Crippen molar-refractivity contribution >= 4 is 9.04 Å². The molecule has 2 rings (SSSR count). The summed E-state index contributed by atoms with van der Waals surface area (Å²) in [5.41, 5.74) is 1.19. The first-order chi connectivity index (χ1) is 9.79. The van der Waals surface area contributed by atoms with E-state index in [0.29, 0.717) is 11.8 Å². The fraction of sp³-hybridized carbons (Fsp3) is 0.647. The molecule has 0 amide bonds. The van der Waals surface area contributed by atoms with Gasteiger partial charge in [0.25, 0.3) is 0 Å². The van der Waals surface area contributed by atoms with Gasteiger partial charge in [0.1, 0.15) is 5.82 Å². The second-order valence-corrected chi connectivity index (χ2v) is 9.82. The van der Waals surface area contributed by atoms with Crippen LogP contribution in [0.5, 0.6) is 0 Å². The molecule has 1 aromatic carbocycles. The molecule has 3 atom stereocenters. The first kappa shape index (κ1) is 16.7. The van der Waals surface area contributed by atoms with Crippen LogP contribution in [-0.2, 0) is 4.43 Å². The van der Waals surface area contributed by atoms with Gasteiger partial charge in [-0.25, -0.2) is 4.39 Å². The normalized spacial score (nSPS) is 24.5. The summed E-state index contributed by atoms with van der Waals surface area (Å²) in [5.74, 6) is 0.587. The number of hydrogen-bond donors (Lipinski definition) is 1. The van der Waals surface area contributed by atoms with E-state index in [-0.39, 0.29) is 17.3 Å². The Bertz CT molecular complexity index is 472. The van der Waals surface area contributed by atoms with Crippen molar-refractivity contribution in [1.82, 2.24) is 5.32 Å². The Labute approximate surface area is 129 Å². The standard InChI is InChI=1S/C17H28FNOSi/c1-17(2,3)16(20-21(4)5)15-11-19-10-14(15)12-7-6-8-13(18)9-12/h6-9,14-16,19,21H,10-11H2,1-5H3/t14?,15?,16-/m1/s1. The maximum atomic E-state index is 13.5. The number of rotatable bonds is 4. The highest BCUT2D eigenvalue weighted by molar-refractivity contribution is 6.48. The molecule has 0 spiro atoms. The predicted molar refractivity (Wildman–Crippen MR) is 88.7 cm³/mol. The lowest BCUT2D eigenvalue weighted by atomic mass is 9.75. The lowest BCUT2D eigenvalue weighted by molar-refractivity contribution is 0.0339. The fourth-order valence-corrected chi connectivity index (χ4v) is 4.56. The Kier molecular flexibility index (Phi) is 5.23. The molecule has 2 nitrogen and oxygen atoms in total. The van der Waals surface area contributed by atoms with E-state index < -0.39 is 9.04 Å². The van der Waals surface area contributed by atoms with Crippen LogP contribution in [0.3, 0.4) is 0 Å². The molecule has 1 aliphatic rings. The Balaban J connectivity index is 2.27. The van der Waals surface area contributed by atoms with E-state index in [1.807, 2.05) is 12.1 Å². The molecule has 0 saturated carbocycles. The van der Waals surface area contributed by atoms with Gasteiger partial charge in [-0.15, -0.1) is 0 Å². The Morgan fingerprint density at radius 2 is 2.00 bits per heavy atom. The molecule has 1 saturated heterocycles. The molecular weight excluding hydrogens is 281 g/mol. The van der Waals surface area contributed by atoms with E-state index in [1.54, 1.807) is 6.07 Å². The van der Waals surface area contributed by atoms with Crippen molar-refractivity contribution in [2.75, 3.05) is 13.1 Å². The maximum absolute atomic E-state index is 13.5. The van der Waals surface area contributed by atoms with E-state index in [4.69, 9.17) is 4.43 Å². The van der Waals surface area contributed by atoms with Crippen LogP contribution in [0.1, 0.15) is 32.3 Å². The third-order valence-corrected chi connectivity index (χ3v) is 5.04. The van der Waals surface area contributed by atoms with E-state index in [9.17, 15) is 4.39 Å². The molecule has 1 aromatic rings. The summed E-state index contributed by atoms with van der Waals surface area (Å²) in [5, 5.41) is 3.48. The lowest BCUT2D eigenvalue weighted by Crippen LogP contribution is -2.42. The van der Waals surface area contributed by atoms with Gasteiger partial charge in [0.2, 0.25) is 0 Å². The highest BCUT2D eigenvalue weighted by Crippen LogP contribution is 2.39. The lowest BCUT2D eigenvalue weighted by Gasteiger charge is -2.39. The summed E-state index contributed by atoms with van der Waals surface area (Å²) in [6, 6.07) is 7.04. The minimum atomic E-state index is -1.12. The van der Waals surface area contributed by atoms with Crippen molar-refractivity contribution in [2.45, 2.75) is 45.9 Å². The molecule has 1 fully saturated rings. The van der Waals surface area contributed by atoms with Gasteiger partial charge in [-0.2, -0.15) is 0 Å². The number of benzene rings is 1. The van der Waals surface area contributed by atoms with Gasteiger partial charge < -0.3 is 9.74 Å². The van der Waals surface area contributed by atoms with Gasteiger partial charge in [-0.1, -0.05) is 32.9 Å². The van der Waals surface area contributed by atoms with E-state index in [0.717, 1.165) is 18.7 Å². The van der Waals surface area contributed by atoms with Gasteiger partial charge in [0.05, 0.1) is 6.10 Å². The summed E-state index contributed by atoms with van der Waals surface area (Å²) in [7, 11) is -1.12. The quantitative estimate of drug-likeness (QED) is 0.859. The monoisotopic (exact) mass is 309 g/mol. The summed E-state index contributed by atoms with van der Waals surface area (Å²) in [6.45, 7) is 13.0. The minimum absolute atomic E-state index is 0.0968. The fourth-order valence-electron chi connectivity index (χ4n) is 3.36. The van der Waals surface area contributed by atoms with Crippen LogP contribution in [0.4, 0.5) is 4.39 Å². The zero-order chi connectivity index (χ0) is 15.6. The van der Waals surface area contributed by atoms with Crippen molar-refractivity contribution in [2.24, 2.45) is 11.3 Å². The topological polar surface area (TPSA) is 21.3 Å². The van der Waals surface area contributed by atoms with Crippen LogP contribution in [0.25, 0.3) is 0 Å². The Morgan fingerprint density at radius 3 is 2.57 bits per heavy atom. The van der Waals surface area contributed by atoms with Crippen molar-refractivity contribution < 1.29 is 8.82 Å². The summed E-state index contributed by atoms with van der Waals surface area (Å²) in [4.78, 5) is 0. The van der Waals surface area contributed by atoms with Crippen molar-refractivity contribution in [3.8, 4) is 0 Å². The van der Waals surface area contributed by atoms with E-state index in [2.05, 4.69) is 39.2 Å². The average molecular weight is 310 g/mol. The van der Waals surface area contributed by atoms with Crippen LogP contribution in [0, 0.1) is 17.2 Å². The third kappa shape index (κ3) is 4.15. The summed E-state index contributed by atoms with van der Waals surface area (Å²) < 4.78 is 19.9. The smallest absolute Gasteiger partial charge is 0.171 e.